The lowest BCUT2D eigenvalue weighted by Crippen LogP contribution is -2.23. The number of unbranched alkanes of at least 4 members (excludes halogenated alkanes) is 1. The van der Waals surface area contributed by atoms with Gasteiger partial charge in [-0.15, -0.1) is 0 Å². The molecular weight excluding hydrogens is 344 g/mol. The number of amides is 1. The molecule has 0 saturated carbocycles. The average Bonchev–Trinajstić information content (AvgIpc) is 3.09. The van der Waals surface area contributed by atoms with Crippen molar-refractivity contribution in [3.8, 4) is 0 Å². The van der Waals surface area contributed by atoms with Crippen LogP contribution in [0.5, 0.6) is 0 Å². The zero-order valence-electron chi connectivity index (χ0n) is 16.4. The molecule has 0 N–H and O–H groups in total. The van der Waals surface area contributed by atoms with E-state index < -0.39 is 0 Å². The number of hydrogen-bond donors (Lipinski definition) is 0. The molecule has 142 valence electrons. The van der Waals surface area contributed by atoms with E-state index in [1.807, 2.05) is 29.4 Å². The maximum absolute atomic E-state index is 13.2. The van der Waals surface area contributed by atoms with Crippen LogP contribution in [0.3, 0.4) is 0 Å². The topological polar surface area (TPSA) is 33.2 Å². The highest BCUT2D eigenvalue weighted by molar-refractivity contribution is 6.11. The van der Waals surface area contributed by atoms with Gasteiger partial charge in [0.25, 0.3) is 5.91 Å². The molecule has 28 heavy (non-hydrogen) atoms. The van der Waals surface area contributed by atoms with Crippen molar-refractivity contribution < 1.29 is 4.79 Å². The Hall–Kier alpha value is -2.94. The third-order valence-electron chi connectivity index (χ3n) is 5.52. The summed E-state index contributed by atoms with van der Waals surface area (Å²) in [5.74, 6) is 0.127. The van der Waals surface area contributed by atoms with Crippen LogP contribution in [-0.4, -0.2) is 10.9 Å². The fourth-order valence-electron chi connectivity index (χ4n) is 3.91. The van der Waals surface area contributed by atoms with E-state index in [1.165, 1.54) is 24.0 Å². The lowest BCUT2D eigenvalue weighted by Gasteiger charge is -2.16. The first-order chi connectivity index (χ1) is 13.8. The minimum Gasteiger partial charge on any atom is -0.304 e. The van der Waals surface area contributed by atoms with Crippen LogP contribution in [0.2, 0.25) is 0 Å². The van der Waals surface area contributed by atoms with Crippen LogP contribution in [0, 0.1) is 0 Å². The number of benzene rings is 2. The van der Waals surface area contributed by atoms with Gasteiger partial charge in [-0.05, 0) is 72.2 Å². The monoisotopic (exact) mass is 370 g/mol. The van der Waals surface area contributed by atoms with Gasteiger partial charge in [0, 0.05) is 23.6 Å². The highest BCUT2D eigenvalue weighted by atomic mass is 16.2. The van der Waals surface area contributed by atoms with Gasteiger partial charge in [0.2, 0.25) is 0 Å². The van der Waals surface area contributed by atoms with Crippen LogP contribution >= 0.6 is 0 Å². The van der Waals surface area contributed by atoms with E-state index in [0.29, 0.717) is 6.54 Å². The number of aromatic nitrogens is 1. The van der Waals surface area contributed by atoms with Crippen LogP contribution in [-0.2, 0) is 25.8 Å². The molecule has 4 rings (SSSR count). The van der Waals surface area contributed by atoms with Gasteiger partial charge in [0.15, 0.2) is 0 Å². The Morgan fingerprint density at radius 3 is 2.39 bits per heavy atom. The van der Waals surface area contributed by atoms with Gasteiger partial charge < -0.3 is 4.90 Å². The molecule has 0 atom stereocenters. The zero-order chi connectivity index (χ0) is 19.3. The Morgan fingerprint density at radius 1 is 0.893 bits per heavy atom. The molecule has 3 aromatic rings. The summed E-state index contributed by atoms with van der Waals surface area (Å²) in [6.07, 6.45) is 8.92. The van der Waals surface area contributed by atoms with Gasteiger partial charge in [0.1, 0.15) is 0 Å². The van der Waals surface area contributed by atoms with Gasteiger partial charge in [-0.2, -0.15) is 0 Å². The third kappa shape index (κ3) is 3.84. The maximum Gasteiger partial charge on any atom is 0.259 e. The molecule has 3 nitrogen and oxygen atoms in total. The molecular formula is C25H26N2O. The van der Waals surface area contributed by atoms with E-state index in [9.17, 15) is 4.79 Å². The predicted molar refractivity (Wildman–Crippen MR) is 114 cm³/mol. The number of fused-ring (bicyclic) bond motifs is 1. The number of nitrogens with zero attached hydrogens (tertiary/aromatic N) is 2. The van der Waals surface area contributed by atoms with E-state index in [1.54, 1.807) is 0 Å². The summed E-state index contributed by atoms with van der Waals surface area (Å²) in [5.41, 5.74) is 6.74. The fourth-order valence-corrected chi connectivity index (χ4v) is 3.91. The minimum atomic E-state index is 0.127. The van der Waals surface area contributed by atoms with Crippen molar-refractivity contribution in [1.29, 1.82) is 0 Å². The summed E-state index contributed by atoms with van der Waals surface area (Å²) in [6.45, 7) is 2.87. The highest BCUT2D eigenvalue weighted by Gasteiger charge is 2.30. The molecule has 2 heterocycles. The van der Waals surface area contributed by atoms with Gasteiger partial charge in [-0.1, -0.05) is 43.7 Å². The van der Waals surface area contributed by atoms with Crippen molar-refractivity contribution in [2.45, 2.75) is 45.6 Å². The van der Waals surface area contributed by atoms with Crippen LogP contribution in [0.1, 0.15) is 52.4 Å². The molecule has 1 aliphatic rings. The smallest absolute Gasteiger partial charge is 0.259 e. The zero-order valence-corrected chi connectivity index (χ0v) is 16.4. The Morgan fingerprint density at radius 2 is 1.64 bits per heavy atom. The Kier molecular flexibility index (Phi) is 5.52. The first kappa shape index (κ1) is 18.4. The number of anilines is 1. The standard InChI is InChI=1S/C25H26N2O/c1-2-3-5-19-9-12-23(13-10-19)27-18-22-7-4-6-21(24(22)25(27)28)11-8-20-14-16-26-17-15-20/h4,6-7,9-10,12-17H,2-3,5,8,11,18H2,1H3. The number of hydrogen-bond acceptors (Lipinski definition) is 2. The Bertz CT molecular complexity index is 948. The molecule has 0 bridgehead atoms. The van der Waals surface area contributed by atoms with Crippen molar-refractivity contribution in [3.05, 3.63) is 94.8 Å². The van der Waals surface area contributed by atoms with Crippen LogP contribution in [0.4, 0.5) is 5.69 Å². The van der Waals surface area contributed by atoms with E-state index in [0.717, 1.165) is 41.6 Å². The molecule has 1 aromatic heterocycles. The summed E-state index contributed by atoms with van der Waals surface area (Å²) in [7, 11) is 0. The van der Waals surface area contributed by atoms with Crippen LogP contribution in [0.25, 0.3) is 0 Å². The number of rotatable bonds is 7. The number of carbonyl (C=O) groups excluding carboxylic acids is 1. The minimum absolute atomic E-state index is 0.127. The summed E-state index contributed by atoms with van der Waals surface area (Å²) in [5, 5.41) is 0. The molecule has 1 aliphatic heterocycles. The number of pyridine rings is 1. The SMILES string of the molecule is CCCCc1ccc(N2Cc3cccc(CCc4ccncc4)c3C2=O)cc1. The summed E-state index contributed by atoms with van der Waals surface area (Å²) < 4.78 is 0. The quantitative estimate of drug-likeness (QED) is 0.560. The second kappa shape index (κ2) is 8.39. The predicted octanol–water partition coefficient (Wildman–Crippen LogP) is 5.37. The maximum atomic E-state index is 13.2. The van der Waals surface area contributed by atoms with E-state index in [2.05, 4.69) is 54.4 Å². The van der Waals surface area contributed by atoms with Crippen molar-refractivity contribution in [2.24, 2.45) is 0 Å². The molecule has 0 unspecified atom stereocenters. The van der Waals surface area contributed by atoms with Crippen LogP contribution in [0.15, 0.2) is 67.0 Å². The van der Waals surface area contributed by atoms with Crippen molar-refractivity contribution in [1.82, 2.24) is 4.98 Å². The lowest BCUT2D eigenvalue weighted by atomic mass is 9.97. The molecule has 3 heteroatoms. The van der Waals surface area contributed by atoms with Gasteiger partial charge in [0.05, 0.1) is 6.54 Å². The van der Waals surface area contributed by atoms with E-state index in [4.69, 9.17) is 0 Å². The molecule has 0 fully saturated rings. The molecule has 0 saturated heterocycles. The van der Waals surface area contributed by atoms with Gasteiger partial charge in [-0.3, -0.25) is 9.78 Å². The second-order valence-electron chi connectivity index (χ2n) is 7.47. The molecule has 0 radical (unpaired) electrons. The highest BCUT2D eigenvalue weighted by Crippen LogP contribution is 2.31. The fraction of sp³-hybridized carbons (Fsp3) is 0.280. The first-order valence-corrected chi connectivity index (χ1v) is 10.2. The van der Waals surface area contributed by atoms with Gasteiger partial charge in [-0.25, -0.2) is 0 Å². The summed E-state index contributed by atoms with van der Waals surface area (Å²) in [6, 6.07) is 18.8. The normalized spacial score (nSPS) is 13.0. The molecule has 1 amide bonds. The lowest BCUT2D eigenvalue weighted by molar-refractivity contribution is 0.0996. The Labute approximate surface area is 167 Å². The molecule has 0 aliphatic carbocycles. The number of carbonyl (C=O) groups is 1. The van der Waals surface area contributed by atoms with Crippen molar-refractivity contribution >= 4 is 11.6 Å². The average molecular weight is 370 g/mol. The molecule has 2 aromatic carbocycles. The third-order valence-corrected chi connectivity index (χ3v) is 5.52. The van der Waals surface area contributed by atoms with E-state index >= 15 is 0 Å². The first-order valence-electron chi connectivity index (χ1n) is 10.2. The number of aryl methyl sites for hydroxylation is 3. The second-order valence-corrected chi connectivity index (χ2v) is 7.47. The molecule has 0 spiro atoms. The summed E-state index contributed by atoms with van der Waals surface area (Å²) in [4.78, 5) is 19.2. The van der Waals surface area contributed by atoms with Crippen molar-refractivity contribution in [3.63, 3.8) is 0 Å². The van der Waals surface area contributed by atoms with E-state index in [-0.39, 0.29) is 5.91 Å². The van der Waals surface area contributed by atoms with Crippen molar-refractivity contribution in [2.75, 3.05) is 4.90 Å². The largest absolute Gasteiger partial charge is 0.304 e. The summed E-state index contributed by atoms with van der Waals surface area (Å²) >= 11 is 0. The Balaban J connectivity index is 1.52. The van der Waals surface area contributed by atoms with Gasteiger partial charge >= 0.3 is 0 Å². The van der Waals surface area contributed by atoms with Crippen LogP contribution < -0.4 is 4.90 Å².